The number of methoxy groups -OCH3 is 1. The summed E-state index contributed by atoms with van der Waals surface area (Å²) in [6.45, 7) is 0.430. The molecule has 2 rings (SSSR count). The molecule has 0 spiro atoms. The lowest BCUT2D eigenvalue weighted by Gasteiger charge is -2.11. The highest BCUT2D eigenvalue weighted by Gasteiger charge is 2.03. The predicted molar refractivity (Wildman–Crippen MR) is 100 cm³/mol. The molecule has 0 bridgehead atoms. The van der Waals surface area contributed by atoms with Crippen LogP contribution in [0.25, 0.3) is 6.08 Å². The van der Waals surface area contributed by atoms with Crippen molar-refractivity contribution < 1.29 is 9.53 Å². The Morgan fingerprint density at radius 2 is 2.12 bits per heavy atom. The van der Waals surface area contributed by atoms with Crippen LogP contribution in [-0.2, 0) is 11.3 Å². The SMILES string of the molecule is COc1ccc(Br)cc1/C=C/C(=O)NCc1ccc(N(C)C)nc1. The zero-order valence-corrected chi connectivity index (χ0v) is 15.5. The molecule has 0 aliphatic rings. The largest absolute Gasteiger partial charge is 0.496 e. The topological polar surface area (TPSA) is 54.5 Å². The Morgan fingerprint density at radius 3 is 2.75 bits per heavy atom. The second-order valence-corrected chi connectivity index (χ2v) is 6.27. The van der Waals surface area contributed by atoms with Crippen molar-refractivity contribution in [1.29, 1.82) is 0 Å². The maximum Gasteiger partial charge on any atom is 0.244 e. The summed E-state index contributed by atoms with van der Waals surface area (Å²) in [5.74, 6) is 1.42. The third-order valence-electron chi connectivity index (χ3n) is 3.34. The summed E-state index contributed by atoms with van der Waals surface area (Å²) < 4.78 is 6.20. The van der Waals surface area contributed by atoms with Gasteiger partial charge in [0.1, 0.15) is 11.6 Å². The molecule has 0 radical (unpaired) electrons. The fourth-order valence-electron chi connectivity index (χ4n) is 2.03. The van der Waals surface area contributed by atoms with Crippen molar-refractivity contribution in [2.45, 2.75) is 6.54 Å². The summed E-state index contributed by atoms with van der Waals surface area (Å²) in [6, 6.07) is 9.50. The summed E-state index contributed by atoms with van der Waals surface area (Å²) >= 11 is 3.41. The first-order chi connectivity index (χ1) is 11.5. The Labute approximate surface area is 150 Å². The van der Waals surface area contributed by atoms with E-state index >= 15 is 0 Å². The van der Waals surface area contributed by atoms with Crippen LogP contribution in [0.5, 0.6) is 5.75 Å². The minimum absolute atomic E-state index is 0.172. The van der Waals surface area contributed by atoms with Gasteiger partial charge in [-0.2, -0.15) is 0 Å². The molecule has 0 unspecified atom stereocenters. The average molecular weight is 390 g/mol. The number of carbonyl (C=O) groups excluding carboxylic acids is 1. The zero-order chi connectivity index (χ0) is 17.5. The van der Waals surface area contributed by atoms with E-state index in [1.54, 1.807) is 19.4 Å². The van der Waals surface area contributed by atoms with Crippen LogP contribution in [0.3, 0.4) is 0 Å². The molecule has 0 aliphatic carbocycles. The Morgan fingerprint density at radius 1 is 1.33 bits per heavy atom. The molecule has 0 atom stereocenters. The Hall–Kier alpha value is -2.34. The second-order valence-electron chi connectivity index (χ2n) is 5.36. The smallest absolute Gasteiger partial charge is 0.244 e. The van der Waals surface area contributed by atoms with Crippen LogP contribution < -0.4 is 15.0 Å². The summed E-state index contributed by atoms with van der Waals surface area (Å²) in [7, 11) is 5.47. The number of rotatable bonds is 6. The van der Waals surface area contributed by atoms with Crippen molar-refractivity contribution in [3.63, 3.8) is 0 Å². The quantitative estimate of drug-likeness (QED) is 0.770. The number of ether oxygens (including phenoxy) is 1. The van der Waals surface area contributed by atoms with Crippen LogP contribution in [0, 0.1) is 0 Å². The molecule has 0 saturated heterocycles. The van der Waals surface area contributed by atoms with Crippen LogP contribution in [-0.4, -0.2) is 32.1 Å². The molecule has 24 heavy (non-hydrogen) atoms. The van der Waals surface area contributed by atoms with E-state index in [1.165, 1.54) is 6.08 Å². The lowest BCUT2D eigenvalue weighted by atomic mass is 10.2. The molecule has 1 heterocycles. The van der Waals surface area contributed by atoms with Gasteiger partial charge >= 0.3 is 0 Å². The van der Waals surface area contributed by atoms with Gasteiger partial charge in [0.2, 0.25) is 5.91 Å². The lowest BCUT2D eigenvalue weighted by molar-refractivity contribution is -0.116. The minimum Gasteiger partial charge on any atom is -0.496 e. The van der Waals surface area contributed by atoms with E-state index in [0.717, 1.165) is 21.4 Å². The first kappa shape index (κ1) is 18.0. The number of halogens is 1. The monoisotopic (exact) mass is 389 g/mol. The molecule has 1 amide bonds. The number of nitrogens with zero attached hydrogens (tertiary/aromatic N) is 2. The highest BCUT2D eigenvalue weighted by atomic mass is 79.9. The summed E-state index contributed by atoms with van der Waals surface area (Å²) in [6.07, 6.45) is 4.98. The number of aromatic nitrogens is 1. The fraction of sp³-hybridized carbons (Fsp3) is 0.222. The molecule has 5 nitrogen and oxygen atoms in total. The van der Waals surface area contributed by atoms with Gasteiger partial charge in [0.25, 0.3) is 0 Å². The molecular formula is C18H20BrN3O2. The van der Waals surface area contributed by atoms with E-state index < -0.39 is 0 Å². The van der Waals surface area contributed by atoms with Gasteiger partial charge in [-0.1, -0.05) is 22.0 Å². The number of anilines is 1. The number of benzene rings is 1. The van der Waals surface area contributed by atoms with E-state index in [1.807, 2.05) is 49.3 Å². The zero-order valence-electron chi connectivity index (χ0n) is 13.9. The summed E-state index contributed by atoms with van der Waals surface area (Å²) in [4.78, 5) is 18.2. The third kappa shape index (κ3) is 5.09. The van der Waals surface area contributed by atoms with Gasteiger partial charge in [-0.3, -0.25) is 4.79 Å². The number of hydrogen-bond acceptors (Lipinski definition) is 4. The van der Waals surface area contributed by atoms with E-state index in [0.29, 0.717) is 12.3 Å². The van der Waals surface area contributed by atoms with Crippen LogP contribution in [0.4, 0.5) is 5.82 Å². The standard InChI is InChI=1S/C18H20BrN3O2/c1-22(2)17-8-4-13(11-20-17)12-21-18(23)9-5-14-10-15(19)6-7-16(14)24-3/h4-11H,12H2,1-3H3,(H,21,23)/b9-5+. The first-order valence-electron chi connectivity index (χ1n) is 7.41. The van der Waals surface area contributed by atoms with Crippen molar-refractivity contribution in [3.8, 4) is 5.75 Å². The molecule has 1 N–H and O–H groups in total. The van der Waals surface area contributed by atoms with Crippen LogP contribution in [0.15, 0.2) is 47.1 Å². The van der Waals surface area contributed by atoms with Crippen LogP contribution in [0.2, 0.25) is 0 Å². The van der Waals surface area contributed by atoms with Crippen LogP contribution >= 0.6 is 15.9 Å². The third-order valence-corrected chi connectivity index (χ3v) is 3.83. The van der Waals surface area contributed by atoms with Gasteiger partial charge < -0.3 is 15.0 Å². The highest BCUT2D eigenvalue weighted by molar-refractivity contribution is 9.10. The number of hydrogen-bond donors (Lipinski definition) is 1. The second kappa shape index (κ2) is 8.49. The Balaban J connectivity index is 1.94. The molecule has 1 aromatic carbocycles. The van der Waals surface area contributed by atoms with E-state index in [-0.39, 0.29) is 5.91 Å². The van der Waals surface area contributed by atoms with Gasteiger partial charge in [0, 0.05) is 42.9 Å². The molecule has 1 aromatic heterocycles. The number of pyridine rings is 1. The number of amides is 1. The lowest BCUT2D eigenvalue weighted by Crippen LogP contribution is -2.20. The first-order valence-corrected chi connectivity index (χ1v) is 8.20. The van der Waals surface area contributed by atoms with E-state index in [2.05, 4.69) is 26.2 Å². The van der Waals surface area contributed by atoms with Crippen molar-refractivity contribution in [3.05, 3.63) is 58.2 Å². The van der Waals surface area contributed by atoms with Gasteiger partial charge in [0.15, 0.2) is 0 Å². The van der Waals surface area contributed by atoms with Crippen molar-refractivity contribution in [2.75, 3.05) is 26.1 Å². The van der Waals surface area contributed by atoms with E-state index in [4.69, 9.17) is 4.74 Å². The fourth-order valence-corrected chi connectivity index (χ4v) is 2.41. The summed E-state index contributed by atoms with van der Waals surface area (Å²) in [5, 5.41) is 2.84. The normalized spacial score (nSPS) is 10.7. The van der Waals surface area contributed by atoms with Crippen molar-refractivity contribution >= 4 is 33.7 Å². The summed E-state index contributed by atoms with van der Waals surface area (Å²) in [5.41, 5.74) is 1.78. The van der Waals surface area contributed by atoms with Crippen molar-refractivity contribution in [1.82, 2.24) is 10.3 Å². The molecule has 0 saturated carbocycles. The number of carbonyl (C=O) groups is 1. The Bertz CT molecular complexity index is 728. The molecule has 6 heteroatoms. The molecule has 0 aliphatic heterocycles. The minimum atomic E-state index is -0.172. The molecular weight excluding hydrogens is 370 g/mol. The predicted octanol–water partition coefficient (Wildman–Crippen LogP) is 3.25. The molecule has 2 aromatic rings. The van der Waals surface area contributed by atoms with Gasteiger partial charge in [-0.25, -0.2) is 4.98 Å². The van der Waals surface area contributed by atoms with Crippen molar-refractivity contribution in [2.24, 2.45) is 0 Å². The highest BCUT2D eigenvalue weighted by Crippen LogP contribution is 2.24. The van der Waals surface area contributed by atoms with Crippen LogP contribution in [0.1, 0.15) is 11.1 Å². The van der Waals surface area contributed by atoms with Gasteiger partial charge in [-0.05, 0) is 35.9 Å². The maximum absolute atomic E-state index is 12.0. The van der Waals surface area contributed by atoms with E-state index in [9.17, 15) is 4.79 Å². The number of nitrogens with one attached hydrogen (secondary N) is 1. The average Bonchev–Trinajstić information content (AvgIpc) is 2.58. The van der Waals surface area contributed by atoms with Gasteiger partial charge in [0.05, 0.1) is 7.11 Å². The molecule has 0 fully saturated rings. The van der Waals surface area contributed by atoms with Gasteiger partial charge in [-0.15, -0.1) is 0 Å². The molecule has 126 valence electrons. The maximum atomic E-state index is 12.0. The Kier molecular flexibility index (Phi) is 6.37.